The molecule has 19 heavy (non-hydrogen) atoms. The van der Waals surface area contributed by atoms with Crippen molar-refractivity contribution in [2.75, 3.05) is 7.05 Å². The molecule has 0 radical (unpaired) electrons. The van der Waals surface area contributed by atoms with E-state index in [1.165, 1.54) is 0 Å². The lowest BCUT2D eigenvalue weighted by molar-refractivity contribution is 0.689. The first-order valence-corrected chi connectivity index (χ1v) is 7.52. The van der Waals surface area contributed by atoms with E-state index in [-0.39, 0.29) is 6.04 Å². The lowest BCUT2D eigenvalue weighted by atomic mass is 9.99. The van der Waals surface area contributed by atoms with Gasteiger partial charge >= 0.3 is 0 Å². The summed E-state index contributed by atoms with van der Waals surface area (Å²) in [4.78, 5) is 0. The van der Waals surface area contributed by atoms with E-state index in [4.69, 9.17) is 34.8 Å². The molecule has 0 aromatic heterocycles. The highest BCUT2D eigenvalue weighted by molar-refractivity contribution is 9.10. The van der Waals surface area contributed by atoms with Gasteiger partial charge in [-0.3, -0.25) is 0 Å². The van der Waals surface area contributed by atoms with E-state index < -0.39 is 0 Å². The third kappa shape index (κ3) is 3.45. The van der Waals surface area contributed by atoms with Crippen LogP contribution in [-0.4, -0.2) is 7.05 Å². The van der Waals surface area contributed by atoms with Crippen molar-refractivity contribution in [3.63, 3.8) is 0 Å². The van der Waals surface area contributed by atoms with Crippen molar-refractivity contribution in [3.05, 3.63) is 67.1 Å². The lowest BCUT2D eigenvalue weighted by Gasteiger charge is -2.20. The zero-order chi connectivity index (χ0) is 14.0. The van der Waals surface area contributed by atoms with Crippen LogP contribution in [0.5, 0.6) is 0 Å². The number of hydrogen-bond acceptors (Lipinski definition) is 1. The molecule has 100 valence electrons. The molecule has 0 aliphatic heterocycles. The second kappa shape index (κ2) is 6.47. The number of rotatable bonds is 3. The van der Waals surface area contributed by atoms with Gasteiger partial charge in [-0.1, -0.05) is 56.8 Å². The summed E-state index contributed by atoms with van der Waals surface area (Å²) < 4.78 is 0.974. The maximum absolute atomic E-state index is 6.27. The van der Waals surface area contributed by atoms with Gasteiger partial charge in [0.15, 0.2) is 0 Å². The standard InChI is InChI=1S/C14H11BrCl3N/c1-19-14(10-4-2-9(17)7-13(10)18)11-6-8(16)3-5-12(11)15/h2-7,14,19H,1H3. The summed E-state index contributed by atoms with van der Waals surface area (Å²) in [6, 6.07) is 11.1. The van der Waals surface area contributed by atoms with Crippen molar-refractivity contribution in [1.82, 2.24) is 5.32 Å². The highest BCUT2D eigenvalue weighted by atomic mass is 79.9. The predicted molar refractivity (Wildman–Crippen MR) is 86.5 cm³/mol. The molecule has 2 aromatic rings. The van der Waals surface area contributed by atoms with E-state index in [9.17, 15) is 0 Å². The molecular weight excluding hydrogens is 368 g/mol. The molecule has 0 bridgehead atoms. The molecular formula is C14H11BrCl3N. The normalized spacial score (nSPS) is 12.5. The summed E-state index contributed by atoms with van der Waals surface area (Å²) in [7, 11) is 1.88. The predicted octanol–water partition coefficient (Wildman–Crippen LogP) is 5.72. The zero-order valence-corrected chi connectivity index (χ0v) is 13.9. The average Bonchev–Trinajstić information content (AvgIpc) is 2.36. The Morgan fingerprint density at radius 1 is 0.947 bits per heavy atom. The monoisotopic (exact) mass is 377 g/mol. The summed E-state index contributed by atoms with van der Waals surface area (Å²) in [6.45, 7) is 0. The van der Waals surface area contributed by atoms with Gasteiger partial charge in [0.1, 0.15) is 0 Å². The summed E-state index contributed by atoms with van der Waals surface area (Å²) >= 11 is 21.8. The largest absolute Gasteiger partial charge is 0.309 e. The topological polar surface area (TPSA) is 12.0 Å². The van der Waals surface area contributed by atoms with Crippen molar-refractivity contribution >= 4 is 50.7 Å². The molecule has 0 fully saturated rings. The minimum atomic E-state index is -0.0576. The number of halogens is 4. The smallest absolute Gasteiger partial charge is 0.0600 e. The van der Waals surface area contributed by atoms with Crippen LogP contribution in [0.1, 0.15) is 17.2 Å². The van der Waals surface area contributed by atoms with Crippen molar-refractivity contribution < 1.29 is 0 Å². The van der Waals surface area contributed by atoms with E-state index in [1.807, 2.05) is 37.4 Å². The second-order valence-corrected chi connectivity index (χ2v) is 6.19. The van der Waals surface area contributed by atoms with Crippen LogP contribution < -0.4 is 5.32 Å². The van der Waals surface area contributed by atoms with Gasteiger partial charge in [-0.2, -0.15) is 0 Å². The van der Waals surface area contributed by atoms with E-state index in [1.54, 1.807) is 6.07 Å². The van der Waals surface area contributed by atoms with Crippen LogP contribution >= 0.6 is 50.7 Å². The summed E-state index contributed by atoms with van der Waals surface area (Å²) in [6.07, 6.45) is 0. The Labute approximate surface area is 136 Å². The maximum atomic E-state index is 6.27. The zero-order valence-electron chi connectivity index (χ0n) is 10.1. The van der Waals surface area contributed by atoms with Gasteiger partial charge in [0.05, 0.1) is 6.04 Å². The highest BCUT2D eigenvalue weighted by Crippen LogP contribution is 2.34. The van der Waals surface area contributed by atoms with Crippen LogP contribution in [0.4, 0.5) is 0 Å². The second-order valence-electron chi connectivity index (χ2n) is 4.05. The Balaban J connectivity index is 2.52. The Bertz CT molecular complexity index is 601. The molecule has 0 saturated heterocycles. The molecule has 0 heterocycles. The number of nitrogens with one attached hydrogen (secondary N) is 1. The van der Waals surface area contributed by atoms with E-state index in [0.29, 0.717) is 15.1 Å². The van der Waals surface area contributed by atoms with Gasteiger partial charge in [0, 0.05) is 19.5 Å². The van der Waals surface area contributed by atoms with Crippen LogP contribution in [0.15, 0.2) is 40.9 Å². The van der Waals surface area contributed by atoms with Gasteiger partial charge in [0.25, 0.3) is 0 Å². The van der Waals surface area contributed by atoms with Crippen LogP contribution in [0.3, 0.4) is 0 Å². The Morgan fingerprint density at radius 3 is 2.21 bits per heavy atom. The Kier molecular flexibility index (Phi) is 5.15. The minimum Gasteiger partial charge on any atom is -0.309 e. The van der Waals surface area contributed by atoms with Gasteiger partial charge in [-0.25, -0.2) is 0 Å². The molecule has 1 unspecified atom stereocenters. The first kappa shape index (κ1) is 15.1. The van der Waals surface area contributed by atoms with Crippen molar-refractivity contribution in [3.8, 4) is 0 Å². The molecule has 0 aliphatic carbocycles. The van der Waals surface area contributed by atoms with Crippen LogP contribution in [0.2, 0.25) is 15.1 Å². The molecule has 0 aliphatic rings. The van der Waals surface area contributed by atoms with Gasteiger partial charge in [-0.05, 0) is 48.5 Å². The molecule has 0 spiro atoms. The van der Waals surface area contributed by atoms with Crippen LogP contribution in [0, 0.1) is 0 Å². The molecule has 1 N–H and O–H groups in total. The van der Waals surface area contributed by atoms with Crippen LogP contribution in [0.25, 0.3) is 0 Å². The summed E-state index contributed by atoms with van der Waals surface area (Å²) in [5, 5.41) is 5.17. The van der Waals surface area contributed by atoms with Crippen molar-refractivity contribution in [2.45, 2.75) is 6.04 Å². The summed E-state index contributed by atoms with van der Waals surface area (Å²) in [5.74, 6) is 0. The quantitative estimate of drug-likeness (QED) is 0.719. The van der Waals surface area contributed by atoms with Gasteiger partial charge in [0.2, 0.25) is 0 Å². The van der Waals surface area contributed by atoms with E-state index in [2.05, 4.69) is 21.2 Å². The fourth-order valence-electron chi connectivity index (χ4n) is 1.95. The summed E-state index contributed by atoms with van der Waals surface area (Å²) in [5.41, 5.74) is 1.98. The SMILES string of the molecule is CNC(c1ccc(Cl)cc1Cl)c1cc(Cl)ccc1Br. The van der Waals surface area contributed by atoms with Crippen molar-refractivity contribution in [1.29, 1.82) is 0 Å². The molecule has 1 nitrogen and oxygen atoms in total. The molecule has 5 heteroatoms. The van der Waals surface area contributed by atoms with E-state index >= 15 is 0 Å². The fourth-order valence-corrected chi connectivity index (χ4v) is 3.12. The number of benzene rings is 2. The third-order valence-corrected chi connectivity index (χ3v) is 4.35. The molecule has 2 aromatic carbocycles. The Hall–Kier alpha value is -0.250. The van der Waals surface area contributed by atoms with Gasteiger partial charge < -0.3 is 5.32 Å². The highest BCUT2D eigenvalue weighted by Gasteiger charge is 2.18. The third-order valence-electron chi connectivity index (χ3n) is 2.83. The maximum Gasteiger partial charge on any atom is 0.0600 e. The molecule has 2 rings (SSSR count). The first-order chi connectivity index (χ1) is 9.02. The van der Waals surface area contributed by atoms with Crippen LogP contribution in [-0.2, 0) is 0 Å². The molecule has 1 atom stereocenters. The Morgan fingerprint density at radius 2 is 1.58 bits per heavy atom. The average molecular weight is 380 g/mol. The number of hydrogen-bond donors (Lipinski definition) is 1. The van der Waals surface area contributed by atoms with E-state index in [0.717, 1.165) is 15.6 Å². The fraction of sp³-hybridized carbons (Fsp3) is 0.143. The minimum absolute atomic E-state index is 0.0576. The van der Waals surface area contributed by atoms with Gasteiger partial charge in [-0.15, -0.1) is 0 Å². The van der Waals surface area contributed by atoms with Crippen molar-refractivity contribution in [2.24, 2.45) is 0 Å². The first-order valence-electron chi connectivity index (χ1n) is 5.60. The molecule has 0 amide bonds. The molecule has 0 saturated carbocycles. The lowest BCUT2D eigenvalue weighted by Crippen LogP contribution is -2.18.